The molecule has 4 aromatic rings. The lowest BCUT2D eigenvalue weighted by atomic mass is 9.98. The molecular weight excluding hydrogens is 342 g/mol. The van der Waals surface area contributed by atoms with Crippen LogP contribution in [0.15, 0.2) is 88.0 Å². The molecule has 0 saturated heterocycles. The summed E-state index contributed by atoms with van der Waals surface area (Å²) in [4.78, 5) is 13.1. The molecule has 134 valence electrons. The number of hydrogen-bond acceptors (Lipinski definition) is 5. The van der Waals surface area contributed by atoms with E-state index in [2.05, 4.69) is 10.5 Å². The van der Waals surface area contributed by atoms with E-state index in [1.165, 1.54) is 6.26 Å². The zero-order valence-electron chi connectivity index (χ0n) is 14.3. The van der Waals surface area contributed by atoms with Gasteiger partial charge in [0.15, 0.2) is 11.5 Å². The number of carbonyl (C=O) groups excluding carboxylic acids is 1. The Morgan fingerprint density at radius 1 is 0.926 bits per heavy atom. The molecule has 0 saturated carbocycles. The number of amides is 1. The summed E-state index contributed by atoms with van der Waals surface area (Å²) in [6, 6.07) is 22.5. The fourth-order valence-corrected chi connectivity index (χ4v) is 2.96. The number of nitrogen functional groups attached to an aromatic ring is 1. The molecule has 4 rings (SSSR count). The largest absolute Gasteiger partial charge is 0.463 e. The van der Waals surface area contributed by atoms with Gasteiger partial charge in [-0.3, -0.25) is 4.79 Å². The maximum Gasteiger partial charge on any atom is 0.260 e. The smallest absolute Gasteiger partial charge is 0.260 e. The van der Waals surface area contributed by atoms with Gasteiger partial charge in [0.1, 0.15) is 5.56 Å². The number of benzene rings is 2. The van der Waals surface area contributed by atoms with E-state index >= 15 is 0 Å². The first-order valence-electron chi connectivity index (χ1n) is 8.44. The van der Waals surface area contributed by atoms with Crippen LogP contribution in [0.5, 0.6) is 0 Å². The Morgan fingerprint density at radius 2 is 1.56 bits per heavy atom. The number of rotatable bonds is 5. The minimum Gasteiger partial charge on any atom is -0.463 e. The van der Waals surface area contributed by atoms with Crippen molar-refractivity contribution < 1.29 is 13.7 Å². The summed E-state index contributed by atoms with van der Waals surface area (Å²) >= 11 is 0. The quantitative estimate of drug-likeness (QED) is 0.561. The third kappa shape index (κ3) is 3.32. The summed E-state index contributed by atoms with van der Waals surface area (Å²) in [7, 11) is 0. The Balaban J connectivity index is 1.71. The van der Waals surface area contributed by atoms with Crippen LogP contribution < -0.4 is 11.1 Å². The Kier molecular flexibility index (Phi) is 4.45. The molecular formula is C21H17N3O3. The van der Waals surface area contributed by atoms with Crippen LogP contribution in [0.4, 0.5) is 5.88 Å². The molecule has 0 bridgehead atoms. The maximum absolute atomic E-state index is 13.1. The number of carbonyl (C=O) groups is 1. The van der Waals surface area contributed by atoms with Gasteiger partial charge < -0.3 is 20.0 Å². The second-order valence-corrected chi connectivity index (χ2v) is 5.98. The molecule has 0 fully saturated rings. The molecule has 0 aliphatic heterocycles. The predicted octanol–water partition coefficient (Wildman–Crippen LogP) is 4.04. The van der Waals surface area contributed by atoms with Crippen molar-refractivity contribution in [2.24, 2.45) is 0 Å². The van der Waals surface area contributed by atoms with Crippen molar-refractivity contribution in [1.29, 1.82) is 0 Å². The lowest BCUT2D eigenvalue weighted by Crippen LogP contribution is -2.30. The molecule has 6 heteroatoms. The summed E-state index contributed by atoms with van der Waals surface area (Å²) in [5, 5.41) is 6.91. The van der Waals surface area contributed by atoms with E-state index in [4.69, 9.17) is 14.7 Å². The van der Waals surface area contributed by atoms with Crippen molar-refractivity contribution in [2.45, 2.75) is 6.04 Å². The van der Waals surface area contributed by atoms with Crippen molar-refractivity contribution in [3.8, 4) is 11.5 Å². The SMILES string of the molecule is Nc1onc(-c2ccco2)c1C(=O)NC(c1ccccc1)c1ccccc1. The first kappa shape index (κ1) is 16.7. The predicted molar refractivity (Wildman–Crippen MR) is 101 cm³/mol. The van der Waals surface area contributed by atoms with E-state index in [-0.39, 0.29) is 23.2 Å². The zero-order valence-corrected chi connectivity index (χ0v) is 14.3. The molecule has 1 amide bonds. The van der Waals surface area contributed by atoms with Gasteiger partial charge in [-0.15, -0.1) is 0 Å². The molecule has 0 unspecified atom stereocenters. The van der Waals surface area contributed by atoms with Crippen LogP contribution >= 0.6 is 0 Å². The van der Waals surface area contributed by atoms with E-state index in [0.717, 1.165) is 11.1 Å². The average molecular weight is 359 g/mol. The number of aromatic nitrogens is 1. The summed E-state index contributed by atoms with van der Waals surface area (Å²) in [5.74, 6) is -0.0341. The van der Waals surface area contributed by atoms with Gasteiger partial charge in [-0.1, -0.05) is 65.8 Å². The molecule has 0 aliphatic rings. The Hall–Kier alpha value is -3.80. The fraction of sp³-hybridized carbons (Fsp3) is 0.0476. The minimum absolute atomic E-state index is 0.0567. The fourth-order valence-electron chi connectivity index (χ4n) is 2.96. The van der Waals surface area contributed by atoms with Crippen LogP contribution in [0.2, 0.25) is 0 Å². The first-order chi connectivity index (χ1) is 13.2. The highest BCUT2D eigenvalue weighted by molar-refractivity contribution is 6.03. The highest BCUT2D eigenvalue weighted by atomic mass is 16.5. The first-order valence-corrected chi connectivity index (χ1v) is 8.44. The van der Waals surface area contributed by atoms with E-state index < -0.39 is 5.91 Å². The van der Waals surface area contributed by atoms with Crippen molar-refractivity contribution in [1.82, 2.24) is 10.5 Å². The molecule has 6 nitrogen and oxygen atoms in total. The van der Waals surface area contributed by atoms with E-state index in [1.807, 2.05) is 60.7 Å². The van der Waals surface area contributed by atoms with E-state index in [1.54, 1.807) is 12.1 Å². The maximum atomic E-state index is 13.1. The van der Waals surface area contributed by atoms with Gasteiger partial charge in [0.2, 0.25) is 5.88 Å². The molecule has 0 spiro atoms. The number of furan rings is 1. The highest BCUT2D eigenvalue weighted by Crippen LogP contribution is 2.29. The molecule has 2 heterocycles. The van der Waals surface area contributed by atoms with Gasteiger partial charge in [-0.25, -0.2) is 0 Å². The highest BCUT2D eigenvalue weighted by Gasteiger charge is 2.27. The molecule has 0 aliphatic carbocycles. The molecule has 27 heavy (non-hydrogen) atoms. The lowest BCUT2D eigenvalue weighted by Gasteiger charge is -2.19. The normalized spacial score (nSPS) is 10.9. The number of anilines is 1. The van der Waals surface area contributed by atoms with Crippen molar-refractivity contribution in [2.75, 3.05) is 5.73 Å². The van der Waals surface area contributed by atoms with Crippen LogP contribution in [-0.2, 0) is 0 Å². The molecule has 2 aromatic heterocycles. The summed E-state index contributed by atoms with van der Waals surface area (Å²) in [6.07, 6.45) is 1.50. The monoisotopic (exact) mass is 359 g/mol. The Morgan fingerprint density at radius 3 is 2.11 bits per heavy atom. The van der Waals surface area contributed by atoms with Crippen molar-refractivity contribution in [3.05, 3.63) is 95.7 Å². The van der Waals surface area contributed by atoms with Crippen LogP contribution in [0.25, 0.3) is 11.5 Å². The van der Waals surface area contributed by atoms with Gasteiger partial charge >= 0.3 is 0 Å². The lowest BCUT2D eigenvalue weighted by molar-refractivity contribution is 0.0944. The Labute approximate surface area is 155 Å². The number of hydrogen-bond donors (Lipinski definition) is 2. The van der Waals surface area contributed by atoms with Gasteiger partial charge in [0.25, 0.3) is 5.91 Å². The summed E-state index contributed by atoms with van der Waals surface area (Å²) in [5.41, 5.74) is 8.20. The Bertz CT molecular complexity index is 986. The van der Waals surface area contributed by atoms with Gasteiger partial charge in [0.05, 0.1) is 12.3 Å². The van der Waals surface area contributed by atoms with Crippen LogP contribution in [-0.4, -0.2) is 11.1 Å². The molecule has 0 atom stereocenters. The molecule has 0 radical (unpaired) electrons. The van der Waals surface area contributed by atoms with E-state index in [9.17, 15) is 4.79 Å². The summed E-state index contributed by atoms with van der Waals surface area (Å²) in [6.45, 7) is 0. The summed E-state index contributed by atoms with van der Waals surface area (Å²) < 4.78 is 10.4. The number of nitrogens with one attached hydrogen (secondary N) is 1. The van der Waals surface area contributed by atoms with Gasteiger partial charge in [-0.05, 0) is 23.3 Å². The van der Waals surface area contributed by atoms with Crippen LogP contribution in [0.3, 0.4) is 0 Å². The standard InChI is InChI=1S/C21H17N3O3/c22-20-17(19(24-27-20)16-12-7-13-26-16)21(25)23-18(14-8-3-1-4-9-14)15-10-5-2-6-11-15/h1-13,18H,22H2,(H,23,25). The van der Waals surface area contributed by atoms with E-state index in [0.29, 0.717) is 5.76 Å². The zero-order chi connectivity index (χ0) is 18.6. The molecule has 2 aromatic carbocycles. The molecule has 3 N–H and O–H groups in total. The van der Waals surface area contributed by atoms with Crippen LogP contribution in [0, 0.1) is 0 Å². The van der Waals surface area contributed by atoms with Crippen LogP contribution in [0.1, 0.15) is 27.5 Å². The second kappa shape index (κ2) is 7.21. The third-order valence-corrected chi connectivity index (χ3v) is 4.24. The number of nitrogens with zero attached hydrogens (tertiary/aromatic N) is 1. The van der Waals surface area contributed by atoms with Gasteiger partial charge in [0, 0.05) is 0 Å². The van der Waals surface area contributed by atoms with Crippen molar-refractivity contribution >= 4 is 11.8 Å². The second-order valence-electron chi connectivity index (χ2n) is 5.98. The number of nitrogens with two attached hydrogens (primary N) is 1. The third-order valence-electron chi connectivity index (χ3n) is 4.24. The minimum atomic E-state index is -0.391. The van der Waals surface area contributed by atoms with Gasteiger partial charge in [-0.2, -0.15) is 0 Å². The average Bonchev–Trinajstić information content (AvgIpc) is 3.37. The topological polar surface area (TPSA) is 94.3 Å². The van der Waals surface area contributed by atoms with Crippen molar-refractivity contribution in [3.63, 3.8) is 0 Å².